The average molecular weight is 839 g/mol. The molecule has 0 radical (unpaired) electrons. The monoisotopic (exact) mass is 837 g/mol. The second-order valence-corrected chi connectivity index (χ2v) is 16.6. The maximum Gasteiger partial charge on any atom is 0.411 e. The highest BCUT2D eigenvalue weighted by Crippen LogP contribution is 2.41. The number of carbonyl (C=O) groups is 3. The number of hydrogen-bond donors (Lipinski definition) is 2. The van der Waals surface area contributed by atoms with Crippen LogP contribution in [0.2, 0.25) is 10.0 Å². The molecule has 5 aromatic rings. The third-order valence-electron chi connectivity index (χ3n) is 10.4. The van der Waals surface area contributed by atoms with Crippen molar-refractivity contribution in [1.82, 2.24) is 15.2 Å². The van der Waals surface area contributed by atoms with Crippen LogP contribution in [-0.2, 0) is 40.3 Å². The number of rotatable bonds is 10. The molecule has 2 aliphatic rings. The van der Waals surface area contributed by atoms with Crippen molar-refractivity contribution in [2.75, 3.05) is 6.61 Å². The molecule has 2 amide bonds. The second-order valence-electron chi connectivity index (χ2n) is 15.8. The topological polar surface area (TPSA) is 137 Å². The Morgan fingerprint density at radius 3 is 2.41 bits per heavy atom. The van der Waals surface area contributed by atoms with Crippen molar-refractivity contribution in [1.29, 1.82) is 0 Å². The normalized spacial score (nSPS) is 16.4. The first-order valence-electron chi connectivity index (χ1n) is 19.3. The largest absolute Gasteiger partial charge is 0.489 e. The van der Waals surface area contributed by atoms with E-state index in [1.165, 1.54) is 4.90 Å². The molecule has 306 valence electrons. The van der Waals surface area contributed by atoms with Gasteiger partial charge in [-0.25, -0.2) is 9.59 Å². The number of pyridine rings is 1. The lowest BCUT2D eigenvalue weighted by molar-refractivity contribution is -0.142. The highest BCUT2D eigenvalue weighted by molar-refractivity contribution is 6.42. The standard InChI is InChI=1S/C46H45Cl2N3O8/c1-26-27(2)49-16-15-35(26)30-12-9-28(10-13-30)18-38(44(53)54)50-43(52)39-20-32-21-40-41(22-33(32)23-51(39)45(55)59-46(3,4)5)58-42(25-57-40)31-7-6-8-34(19-31)56-24-29-11-14-36(47)37(48)17-29/h6-17,19,21-22,38-39,42H,18,20,23-25H2,1-5H3,(H,50,52)(H,53,54). The molecule has 59 heavy (non-hydrogen) atoms. The average Bonchev–Trinajstić information content (AvgIpc) is 3.20. The maximum absolute atomic E-state index is 14.1. The van der Waals surface area contributed by atoms with Gasteiger partial charge in [0.15, 0.2) is 17.6 Å². The highest BCUT2D eigenvalue weighted by atomic mass is 35.5. The minimum Gasteiger partial charge on any atom is -0.489 e. The molecule has 0 spiro atoms. The van der Waals surface area contributed by atoms with Crippen LogP contribution >= 0.6 is 23.2 Å². The Balaban J connectivity index is 1.07. The minimum atomic E-state index is -1.25. The van der Waals surface area contributed by atoms with Crippen molar-refractivity contribution in [3.8, 4) is 28.4 Å². The van der Waals surface area contributed by atoms with Gasteiger partial charge in [-0.3, -0.25) is 14.7 Å². The van der Waals surface area contributed by atoms with E-state index in [1.807, 2.05) is 86.6 Å². The summed E-state index contributed by atoms with van der Waals surface area (Å²) in [7, 11) is 0. The van der Waals surface area contributed by atoms with Gasteiger partial charge < -0.3 is 29.4 Å². The fraction of sp³-hybridized carbons (Fsp3) is 0.304. The summed E-state index contributed by atoms with van der Waals surface area (Å²) in [6, 6.07) is 23.8. The van der Waals surface area contributed by atoms with E-state index in [9.17, 15) is 19.5 Å². The number of nitrogens with one attached hydrogen (secondary N) is 1. The molecule has 3 heterocycles. The van der Waals surface area contributed by atoms with E-state index in [1.54, 1.807) is 39.1 Å². The molecular weight excluding hydrogens is 793 g/mol. The number of aromatic nitrogens is 1. The van der Waals surface area contributed by atoms with Crippen LogP contribution < -0.4 is 19.5 Å². The summed E-state index contributed by atoms with van der Waals surface area (Å²) in [5.74, 6) is -0.174. The lowest BCUT2D eigenvalue weighted by Gasteiger charge is -2.38. The Morgan fingerprint density at radius 1 is 0.932 bits per heavy atom. The SMILES string of the molecule is Cc1nccc(-c2ccc(CC(NC(=O)C3Cc4cc5c(cc4CN3C(=O)OC(C)(C)C)OC(c3cccc(OCc4ccc(Cl)c(Cl)c4)c3)CO5)C(=O)O)cc2)c1C. The number of aliphatic carboxylic acids is 1. The molecule has 2 N–H and O–H groups in total. The zero-order valence-corrected chi connectivity index (χ0v) is 34.9. The van der Waals surface area contributed by atoms with Crippen LogP contribution in [0.5, 0.6) is 17.2 Å². The summed E-state index contributed by atoms with van der Waals surface area (Å²) in [6.45, 7) is 9.74. The van der Waals surface area contributed by atoms with E-state index >= 15 is 0 Å². The predicted molar refractivity (Wildman–Crippen MR) is 224 cm³/mol. The van der Waals surface area contributed by atoms with E-state index in [0.29, 0.717) is 33.9 Å². The molecule has 0 saturated heterocycles. The number of carboxylic acid groups (broad SMARTS) is 1. The van der Waals surface area contributed by atoms with Gasteiger partial charge in [-0.1, -0.05) is 65.7 Å². The quantitative estimate of drug-likeness (QED) is 0.141. The molecule has 3 atom stereocenters. The van der Waals surface area contributed by atoms with Crippen molar-refractivity contribution in [3.05, 3.63) is 140 Å². The molecule has 0 aliphatic carbocycles. The molecule has 1 aromatic heterocycles. The number of carboxylic acids is 1. The number of hydrogen-bond acceptors (Lipinski definition) is 8. The first-order valence-corrected chi connectivity index (χ1v) is 20.0. The highest BCUT2D eigenvalue weighted by Gasteiger charge is 2.39. The summed E-state index contributed by atoms with van der Waals surface area (Å²) in [5, 5.41) is 13.9. The van der Waals surface area contributed by atoms with Crippen molar-refractivity contribution in [2.24, 2.45) is 0 Å². The summed E-state index contributed by atoms with van der Waals surface area (Å²) < 4.78 is 24.5. The summed E-state index contributed by atoms with van der Waals surface area (Å²) in [6.07, 6.45) is 0.753. The van der Waals surface area contributed by atoms with Gasteiger partial charge in [0.05, 0.1) is 16.6 Å². The zero-order chi connectivity index (χ0) is 42.0. The van der Waals surface area contributed by atoms with Gasteiger partial charge in [-0.05, 0) is 122 Å². The van der Waals surface area contributed by atoms with Crippen LogP contribution in [0.15, 0.2) is 91.1 Å². The number of aryl methyl sites for hydroxylation is 1. The first kappa shape index (κ1) is 41.4. The third kappa shape index (κ3) is 9.75. The molecular formula is C46H45Cl2N3O8. The minimum absolute atomic E-state index is 0.0226. The van der Waals surface area contributed by atoms with Gasteiger partial charge >= 0.3 is 12.1 Å². The van der Waals surface area contributed by atoms with Gasteiger partial charge in [0.1, 0.15) is 36.6 Å². The predicted octanol–water partition coefficient (Wildman–Crippen LogP) is 9.24. The fourth-order valence-corrected chi connectivity index (χ4v) is 7.46. The molecule has 3 unspecified atom stereocenters. The number of halogens is 2. The van der Waals surface area contributed by atoms with Crippen molar-refractivity contribution in [3.63, 3.8) is 0 Å². The molecule has 0 saturated carbocycles. The Hall–Kier alpha value is -5.78. The van der Waals surface area contributed by atoms with Crippen molar-refractivity contribution >= 4 is 41.2 Å². The molecule has 4 aromatic carbocycles. The van der Waals surface area contributed by atoms with Gasteiger partial charge in [0.25, 0.3) is 0 Å². The summed E-state index contributed by atoms with van der Waals surface area (Å²) in [5.41, 5.74) is 7.13. The summed E-state index contributed by atoms with van der Waals surface area (Å²) >= 11 is 12.2. The van der Waals surface area contributed by atoms with E-state index in [0.717, 1.165) is 50.2 Å². The number of amides is 2. The van der Waals surface area contributed by atoms with Crippen LogP contribution in [-0.4, -0.2) is 57.3 Å². The van der Waals surface area contributed by atoms with Gasteiger partial charge in [0, 0.05) is 24.7 Å². The van der Waals surface area contributed by atoms with E-state index < -0.39 is 41.8 Å². The van der Waals surface area contributed by atoms with E-state index in [2.05, 4.69) is 10.3 Å². The number of ether oxygens (including phenoxy) is 4. The molecule has 0 fully saturated rings. The zero-order valence-electron chi connectivity index (χ0n) is 33.4. The number of benzene rings is 4. The Labute approximate surface area is 353 Å². The van der Waals surface area contributed by atoms with Gasteiger partial charge in [0.2, 0.25) is 5.91 Å². The third-order valence-corrected chi connectivity index (χ3v) is 11.1. The Kier molecular flexibility index (Phi) is 12.1. The van der Waals surface area contributed by atoms with Crippen molar-refractivity contribution < 1.29 is 38.4 Å². The number of nitrogens with zero attached hydrogens (tertiary/aromatic N) is 2. The van der Waals surface area contributed by atoms with Crippen molar-refractivity contribution in [2.45, 2.75) is 84.4 Å². The van der Waals surface area contributed by atoms with Crippen LogP contribution in [0.3, 0.4) is 0 Å². The van der Waals surface area contributed by atoms with Crippen LogP contribution in [0.1, 0.15) is 65.9 Å². The van der Waals surface area contributed by atoms with Gasteiger partial charge in [-0.2, -0.15) is 0 Å². The lowest BCUT2D eigenvalue weighted by Crippen LogP contribution is -2.56. The molecule has 2 aliphatic heterocycles. The fourth-order valence-electron chi connectivity index (χ4n) is 7.14. The number of fused-ring (bicyclic) bond motifs is 2. The Morgan fingerprint density at radius 2 is 1.68 bits per heavy atom. The van der Waals surface area contributed by atoms with E-state index in [4.69, 9.17) is 42.1 Å². The lowest BCUT2D eigenvalue weighted by atomic mass is 9.92. The molecule has 0 bridgehead atoms. The smallest absolute Gasteiger partial charge is 0.411 e. The molecule has 11 nitrogen and oxygen atoms in total. The number of carbonyl (C=O) groups excluding carboxylic acids is 2. The first-order chi connectivity index (χ1) is 28.1. The van der Waals surface area contributed by atoms with Crippen LogP contribution in [0.25, 0.3) is 11.1 Å². The molecule has 7 rings (SSSR count). The van der Waals surface area contributed by atoms with Crippen LogP contribution in [0.4, 0.5) is 4.79 Å². The van der Waals surface area contributed by atoms with E-state index in [-0.39, 0.29) is 26.0 Å². The van der Waals surface area contributed by atoms with Crippen LogP contribution in [0, 0.1) is 13.8 Å². The Bertz CT molecular complexity index is 2400. The second kappa shape index (κ2) is 17.2. The molecule has 13 heteroatoms. The van der Waals surface area contributed by atoms with Gasteiger partial charge in [-0.15, -0.1) is 0 Å². The maximum atomic E-state index is 14.1. The summed E-state index contributed by atoms with van der Waals surface area (Å²) in [4.78, 5) is 46.0.